The average molecular weight is 344 g/mol. The molecule has 6 heteroatoms. The van der Waals surface area contributed by atoms with Gasteiger partial charge in [-0.2, -0.15) is 0 Å². The summed E-state index contributed by atoms with van der Waals surface area (Å²) in [6.07, 6.45) is 9.43. The lowest BCUT2D eigenvalue weighted by molar-refractivity contribution is -0.130. The van der Waals surface area contributed by atoms with Crippen molar-refractivity contribution in [3.05, 3.63) is 24.0 Å². The van der Waals surface area contributed by atoms with Crippen LogP contribution in [0.3, 0.4) is 0 Å². The van der Waals surface area contributed by atoms with Gasteiger partial charge in [-0.1, -0.05) is 25.7 Å². The van der Waals surface area contributed by atoms with E-state index in [9.17, 15) is 9.59 Å². The van der Waals surface area contributed by atoms with E-state index in [4.69, 9.17) is 0 Å². The van der Waals surface area contributed by atoms with Crippen molar-refractivity contribution in [2.75, 3.05) is 31.5 Å². The molecule has 2 fully saturated rings. The highest BCUT2D eigenvalue weighted by Crippen LogP contribution is 2.21. The molecule has 0 bridgehead atoms. The number of aromatic nitrogens is 1. The molecule has 0 aromatic carbocycles. The number of hydrogen-bond acceptors (Lipinski definition) is 4. The number of piperazine rings is 1. The van der Waals surface area contributed by atoms with E-state index in [0.717, 1.165) is 5.69 Å². The fourth-order valence-electron chi connectivity index (χ4n) is 3.65. The van der Waals surface area contributed by atoms with Gasteiger partial charge in [0.2, 0.25) is 5.91 Å². The Bertz CT molecular complexity index is 586. The molecule has 1 saturated carbocycles. The number of hydrogen-bond donors (Lipinski definition) is 1. The molecule has 1 aliphatic carbocycles. The van der Waals surface area contributed by atoms with E-state index in [2.05, 4.69) is 10.3 Å². The molecule has 2 heterocycles. The number of rotatable bonds is 3. The summed E-state index contributed by atoms with van der Waals surface area (Å²) in [4.78, 5) is 31.8. The highest BCUT2D eigenvalue weighted by Gasteiger charge is 2.24. The zero-order valence-electron chi connectivity index (χ0n) is 15.0. The van der Waals surface area contributed by atoms with Crippen LogP contribution in [0.25, 0.3) is 0 Å². The van der Waals surface area contributed by atoms with Crippen LogP contribution in [0.5, 0.6) is 0 Å². The Hall–Kier alpha value is -2.11. The van der Waals surface area contributed by atoms with Crippen LogP contribution in [-0.4, -0.2) is 58.8 Å². The van der Waals surface area contributed by atoms with Crippen molar-refractivity contribution in [1.82, 2.24) is 14.8 Å². The molecular formula is C19H28N4O2. The third-order valence-corrected chi connectivity index (χ3v) is 5.22. The van der Waals surface area contributed by atoms with Gasteiger partial charge >= 0.3 is 0 Å². The monoisotopic (exact) mass is 344 g/mol. The van der Waals surface area contributed by atoms with Crippen molar-refractivity contribution in [3.8, 4) is 0 Å². The standard InChI is InChI=1S/C19H28N4O2/c1-15(24)22-10-12-23(13-11-22)19(25)18-9-8-17(14-20-18)21-16-6-4-2-3-5-7-16/h8-9,14,16,21H,2-7,10-13H2,1H3. The van der Waals surface area contributed by atoms with Gasteiger partial charge in [-0.05, 0) is 25.0 Å². The highest BCUT2D eigenvalue weighted by atomic mass is 16.2. The SMILES string of the molecule is CC(=O)N1CCN(C(=O)c2ccc(NC3CCCCCC3)cn2)CC1. The molecule has 1 aromatic rings. The predicted octanol–water partition coefficient (Wildman–Crippen LogP) is 2.52. The number of amides is 2. The first kappa shape index (κ1) is 17.7. The summed E-state index contributed by atoms with van der Waals surface area (Å²) >= 11 is 0. The Kier molecular flexibility index (Phi) is 5.89. The van der Waals surface area contributed by atoms with Gasteiger partial charge in [0.15, 0.2) is 0 Å². The van der Waals surface area contributed by atoms with E-state index in [1.54, 1.807) is 29.0 Å². The van der Waals surface area contributed by atoms with Crippen LogP contribution in [0.2, 0.25) is 0 Å². The van der Waals surface area contributed by atoms with Gasteiger partial charge in [-0.3, -0.25) is 9.59 Å². The summed E-state index contributed by atoms with van der Waals surface area (Å²) in [5.41, 5.74) is 1.47. The minimum absolute atomic E-state index is 0.0516. The third-order valence-electron chi connectivity index (χ3n) is 5.22. The second kappa shape index (κ2) is 8.32. The van der Waals surface area contributed by atoms with E-state index in [-0.39, 0.29) is 11.8 Å². The first-order valence-electron chi connectivity index (χ1n) is 9.41. The molecular weight excluding hydrogens is 316 g/mol. The number of nitrogens with zero attached hydrogens (tertiary/aromatic N) is 3. The molecule has 6 nitrogen and oxygen atoms in total. The molecule has 0 atom stereocenters. The number of carbonyl (C=O) groups is 2. The molecule has 1 N–H and O–H groups in total. The topological polar surface area (TPSA) is 65.5 Å². The summed E-state index contributed by atoms with van der Waals surface area (Å²) in [6, 6.07) is 4.28. The highest BCUT2D eigenvalue weighted by molar-refractivity contribution is 5.92. The molecule has 2 amide bonds. The van der Waals surface area contributed by atoms with Gasteiger partial charge in [0, 0.05) is 39.1 Å². The Morgan fingerprint density at radius 1 is 1.00 bits per heavy atom. The molecule has 0 spiro atoms. The number of nitrogens with one attached hydrogen (secondary N) is 1. The van der Waals surface area contributed by atoms with E-state index in [1.807, 2.05) is 6.07 Å². The van der Waals surface area contributed by atoms with E-state index >= 15 is 0 Å². The first-order valence-corrected chi connectivity index (χ1v) is 9.41. The van der Waals surface area contributed by atoms with Crippen LogP contribution in [-0.2, 0) is 4.79 Å². The number of pyridine rings is 1. The second-order valence-electron chi connectivity index (χ2n) is 7.06. The van der Waals surface area contributed by atoms with Crippen molar-refractivity contribution >= 4 is 17.5 Å². The van der Waals surface area contributed by atoms with E-state index in [1.165, 1.54) is 38.5 Å². The summed E-state index contributed by atoms with van der Waals surface area (Å²) in [7, 11) is 0. The molecule has 3 rings (SSSR count). The normalized spacial score (nSPS) is 19.4. The lowest BCUT2D eigenvalue weighted by Crippen LogP contribution is -2.50. The van der Waals surface area contributed by atoms with Crippen LogP contribution in [0, 0.1) is 0 Å². The Morgan fingerprint density at radius 3 is 2.20 bits per heavy atom. The number of anilines is 1. The molecule has 1 aliphatic heterocycles. The van der Waals surface area contributed by atoms with Crippen molar-refractivity contribution < 1.29 is 9.59 Å². The fourth-order valence-corrected chi connectivity index (χ4v) is 3.65. The molecule has 25 heavy (non-hydrogen) atoms. The maximum Gasteiger partial charge on any atom is 0.272 e. The molecule has 0 unspecified atom stereocenters. The third kappa shape index (κ3) is 4.71. The minimum Gasteiger partial charge on any atom is -0.381 e. The Labute approximate surface area is 149 Å². The van der Waals surface area contributed by atoms with Gasteiger partial charge < -0.3 is 15.1 Å². The van der Waals surface area contributed by atoms with Gasteiger partial charge in [-0.15, -0.1) is 0 Å². The first-order chi connectivity index (χ1) is 12.1. The van der Waals surface area contributed by atoms with E-state index in [0.29, 0.717) is 37.9 Å². The van der Waals surface area contributed by atoms with Gasteiger partial charge in [-0.25, -0.2) is 4.98 Å². The minimum atomic E-state index is -0.0516. The summed E-state index contributed by atoms with van der Waals surface area (Å²) in [5, 5.41) is 3.55. The molecule has 2 aliphatic rings. The number of carbonyl (C=O) groups excluding carboxylic acids is 2. The zero-order valence-corrected chi connectivity index (χ0v) is 15.0. The van der Waals surface area contributed by atoms with Gasteiger partial charge in [0.25, 0.3) is 5.91 Å². The molecule has 1 saturated heterocycles. The summed E-state index contributed by atoms with van der Waals surface area (Å²) < 4.78 is 0. The average Bonchev–Trinajstić information content (AvgIpc) is 2.90. The molecule has 1 aromatic heterocycles. The Morgan fingerprint density at radius 2 is 1.64 bits per heavy atom. The van der Waals surface area contributed by atoms with Crippen LogP contribution in [0.4, 0.5) is 5.69 Å². The summed E-state index contributed by atoms with van der Waals surface area (Å²) in [6.45, 7) is 3.91. The van der Waals surface area contributed by atoms with Crippen molar-refractivity contribution in [2.24, 2.45) is 0 Å². The predicted molar refractivity (Wildman–Crippen MR) is 97.5 cm³/mol. The summed E-state index contributed by atoms with van der Waals surface area (Å²) in [5.74, 6) is 0.0170. The quantitative estimate of drug-likeness (QED) is 0.856. The van der Waals surface area contributed by atoms with Crippen LogP contribution in [0.1, 0.15) is 55.9 Å². The van der Waals surface area contributed by atoms with Crippen LogP contribution >= 0.6 is 0 Å². The largest absolute Gasteiger partial charge is 0.381 e. The lowest BCUT2D eigenvalue weighted by Gasteiger charge is -2.34. The van der Waals surface area contributed by atoms with E-state index < -0.39 is 0 Å². The lowest BCUT2D eigenvalue weighted by atomic mass is 10.1. The maximum atomic E-state index is 12.6. The molecule has 0 radical (unpaired) electrons. The van der Waals surface area contributed by atoms with Gasteiger partial charge in [0.05, 0.1) is 11.9 Å². The van der Waals surface area contributed by atoms with Gasteiger partial charge in [0.1, 0.15) is 5.69 Å². The fraction of sp³-hybridized carbons (Fsp3) is 0.632. The van der Waals surface area contributed by atoms with Crippen molar-refractivity contribution in [1.29, 1.82) is 0 Å². The second-order valence-corrected chi connectivity index (χ2v) is 7.06. The van der Waals surface area contributed by atoms with Crippen molar-refractivity contribution in [2.45, 2.75) is 51.5 Å². The van der Waals surface area contributed by atoms with Crippen LogP contribution < -0.4 is 5.32 Å². The zero-order chi connectivity index (χ0) is 17.6. The smallest absolute Gasteiger partial charge is 0.272 e. The van der Waals surface area contributed by atoms with Crippen LogP contribution in [0.15, 0.2) is 18.3 Å². The van der Waals surface area contributed by atoms with Crippen molar-refractivity contribution in [3.63, 3.8) is 0 Å². The molecule has 136 valence electrons. The Balaban J connectivity index is 1.54. The maximum absolute atomic E-state index is 12.6.